The number of hydrogen-bond acceptors (Lipinski definition) is 1. The Hall–Kier alpha value is -2.30. The van der Waals surface area contributed by atoms with Gasteiger partial charge in [0.25, 0.3) is 5.91 Å². The van der Waals surface area contributed by atoms with Crippen molar-refractivity contribution in [3.8, 4) is 0 Å². The first kappa shape index (κ1) is 13.7. The summed E-state index contributed by atoms with van der Waals surface area (Å²) in [5.74, 6) is -0.256. The summed E-state index contributed by atoms with van der Waals surface area (Å²) in [6, 6.07) is 10.4. The Balaban J connectivity index is 1.99. The summed E-state index contributed by atoms with van der Waals surface area (Å²) in [5.41, 5.74) is 1.87. The van der Waals surface area contributed by atoms with E-state index in [1.165, 1.54) is 17.0 Å². The van der Waals surface area contributed by atoms with Crippen molar-refractivity contribution in [2.45, 2.75) is 19.6 Å². The molecular weight excluding hydrogens is 279 g/mol. The fourth-order valence-electron chi connectivity index (χ4n) is 2.47. The number of hydrogen-bond donors (Lipinski definition) is 0. The van der Waals surface area contributed by atoms with Gasteiger partial charge < -0.3 is 4.90 Å². The van der Waals surface area contributed by atoms with Gasteiger partial charge in [0.05, 0.1) is 12.1 Å². The molecule has 0 saturated heterocycles. The molecule has 0 radical (unpaired) electrons. The van der Waals surface area contributed by atoms with Gasteiger partial charge >= 0.3 is 6.18 Å². The zero-order valence-corrected chi connectivity index (χ0v) is 11.2. The highest BCUT2D eigenvalue weighted by Gasteiger charge is 2.33. The first-order valence-corrected chi connectivity index (χ1v) is 6.45. The number of alkyl halides is 3. The van der Waals surface area contributed by atoms with Crippen LogP contribution in [0.15, 0.2) is 42.5 Å². The first-order valence-electron chi connectivity index (χ1n) is 6.45. The average molecular weight is 291 g/mol. The number of carbonyl (C=O) groups is 1. The van der Waals surface area contributed by atoms with E-state index in [2.05, 4.69) is 0 Å². The molecule has 0 fully saturated rings. The number of carbonyl (C=O) groups excluding carboxylic acids is 1. The molecule has 2 nitrogen and oxygen atoms in total. The van der Waals surface area contributed by atoms with Crippen LogP contribution in [0, 0.1) is 6.92 Å². The van der Waals surface area contributed by atoms with Crippen LogP contribution in [-0.2, 0) is 12.7 Å². The lowest BCUT2D eigenvalue weighted by atomic mass is 10.1. The number of amides is 1. The summed E-state index contributed by atoms with van der Waals surface area (Å²) < 4.78 is 38.3. The molecule has 1 amide bonds. The summed E-state index contributed by atoms with van der Waals surface area (Å²) in [4.78, 5) is 13.7. The van der Waals surface area contributed by atoms with Crippen LogP contribution >= 0.6 is 0 Å². The van der Waals surface area contributed by atoms with E-state index >= 15 is 0 Å². The largest absolute Gasteiger partial charge is 0.416 e. The molecule has 1 heterocycles. The molecule has 0 atom stereocenters. The van der Waals surface area contributed by atoms with E-state index in [1.54, 1.807) is 6.07 Å². The third-order valence-electron chi connectivity index (χ3n) is 3.55. The zero-order valence-electron chi connectivity index (χ0n) is 11.2. The molecule has 0 aromatic heterocycles. The van der Waals surface area contributed by atoms with Gasteiger partial charge in [0.1, 0.15) is 0 Å². The third-order valence-corrected chi connectivity index (χ3v) is 3.55. The molecule has 108 valence electrons. The molecule has 0 aliphatic carbocycles. The number of halogens is 3. The van der Waals surface area contributed by atoms with Gasteiger partial charge in [-0.3, -0.25) is 4.79 Å². The number of aryl methyl sites for hydroxylation is 1. The van der Waals surface area contributed by atoms with Crippen molar-refractivity contribution in [2.75, 3.05) is 4.90 Å². The minimum atomic E-state index is -4.41. The molecule has 0 bridgehead atoms. The highest BCUT2D eigenvalue weighted by Crippen LogP contribution is 2.34. The number of nitrogens with zero attached hydrogens (tertiary/aromatic N) is 1. The van der Waals surface area contributed by atoms with Gasteiger partial charge in [-0.2, -0.15) is 13.2 Å². The maximum absolute atomic E-state index is 12.8. The van der Waals surface area contributed by atoms with Crippen LogP contribution in [0.5, 0.6) is 0 Å². The molecule has 2 aromatic carbocycles. The van der Waals surface area contributed by atoms with Crippen molar-refractivity contribution in [2.24, 2.45) is 0 Å². The van der Waals surface area contributed by atoms with E-state index in [9.17, 15) is 18.0 Å². The van der Waals surface area contributed by atoms with Crippen molar-refractivity contribution >= 4 is 11.6 Å². The Kier molecular flexibility index (Phi) is 3.01. The van der Waals surface area contributed by atoms with E-state index < -0.39 is 11.7 Å². The maximum Gasteiger partial charge on any atom is 0.416 e. The quantitative estimate of drug-likeness (QED) is 0.772. The van der Waals surface area contributed by atoms with Crippen LogP contribution in [-0.4, -0.2) is 5.91 Å². The normalized spacial score (nSPS) is 14.5. The number of rotatable bonds is 1. The molecule has 0 N–H and O–H groups in total. The molecule has 0 unspecified atom stereocenters. The maximum atomic E-state index is 12.8. The van der Waals surface area contributed by atoms with E-state index in [-0.39, 0.29) is 11.6 Å². The van der Waals surface area contributed by atoms with Gasteiger partial charge in [-0.05, 0) is 36.8 Å². The molecule has 2 aromatic rings. The lowest BCUT2D eigenvalue weighted by Gasteiger charge is -2.17. The van der Waals surface area contributed by atoms with Crippen molar-refractivity contribution in [1.29, 1.82) is 0 Å². The molecule has 1 aliphatic rings. The Labute approximate surface area is 119 Å². The van der Waals surface area contributed by atoms with Gasteiger partial charge in [0, 0.05) is 11.3 Å². The van der Waals surface area contributed by atoms with E-state index in [0.29, 0.717) is 12.1 Å². The highest BCUT2D eigenvalue weighted by atomic mass is 19.4. The summed E-state index contributed by atoms with van der Waals surface area (Å²) in [5, 5.41) is 0. The lowest BCUT2D eigenvalue weighted by molar-refractivity contribution is -0.137. The molecule has 3 rings (SSSR count). The standard InChI is InChI=1S/C16H12F3NO/c1-10-5-6-11-9-20(15(21)14(11)7-10)13-4-2-3-12(8-13)16(17,18)19/h2-8H,9H2,1H3. The predicted octanol–water partition coefficient (Wildman–Crippen LogP) is 4.17. The van der Waals surface area contributed by atoms with Crippen LogP contribution in [0.25, 0.3) is 0 Å². The highest BCUT2D eigenvalue weighted by molar-refractivity contribution is 6.10. The lowest BCUT2D eigenvalue weighted by Crippen LogP contribution is -2.23. The van der Waals surface area contributed by atoms with Gasteiger partial charge in [0.15, 0.2) is 0 Å². The summed E-state index contributed by atoms with van der Waals surface area (Å²) in [6.07, 6.45) is -4.41. The predicted molar refractivity (Wildman–Crippen MR) is 73.1 cm³/mol. The van der Waals surface area contributed by atoms with E-state index in [1.807, 2.05) is 19.1 Å². The fraction of sp³-hybridized carbons (Fsp3) is 0.188. The molecule has 0 saturated carbocycles. The minimum Gasteiger partial charge on any atom is -0.304 e. The average Bonchev–Trinajstić information content (AvgIpc) is 2.75. The zero-order chi connectivity index (χ0) is 15.2. The third kappa shape index (κ3) is 2.39. The Morgan fingerprint density at radius 2 is 1.86 bits per heavy atom. The van der Waals surface area contributed by atoms with Crippen molar-refractivity contribution in [1.82, 2.24) is 0 Å². The van der Waals surface area contributed by atoms with Gasteiger partial charge in [-0.15, -0.1) is 0 Å². The SMILES string of the molecule is Cc1ccc2c(c1)C(=O)N(c1cccc(C(F)(F)F)c1)C2. The second kappa shape index (κ2) is 4.62. The van der Waals surface area contributed by atoms with Crippen molar-refractivity contribution in [3.05, 3.63) is 64.7 Å². The summed E-state index contributed by atoms with van der Waals surface area (Å²) in [7, 11) is 0. The number of benzene rings is 2. The first-order chi connectivity index (χ1) is 9.86. The molecule has 1 aliphatic heterocycles. The van der Waals surface area contributed by atoms with Crippen LogP contribution in [0.2, 0.25) is 0 Å². The second-order valence-electron chi connectivity index (χ2n) is 5.10. The van der Waals surface area contributed by atoms with Crippen molar-refractivity contribution in [3.63, 3.8) is 0 Å². The number of fused-ring (bicyclic) bond motifs is 1. The van der Waals surface area contributed by atoms with Gasteiger partial charge in [-0.1, -0.05) is 23.8 Å². The van der Waals surface area contributed by atoms with E-state index in [0.717, 1.165) is 23.3 Å². The van der Waals surface area contributed by atoms with Gasteiger partial charge in [-0.25, -0.2) is 0 Å². The summed E-state index contributed by atoms with van der Waals surface area (Å²) >= 11 is 0. The Morgan fingerprint density at radius 1 is 1.10 bits per heavy atom. The Morgan fingerprint density at radius 3 is 2.57 bits per heavy atom. The molecular formula is C16H12F3NO. The topological polar surface area (TPSA) is 20.3 Å². The minimum absolute atomic E-state index is 0.256. The number of anilines is 1. The van der Waals surface area contributed by atoms with Gasteiger partial charge in [0.2, 0.25) is 0 Å². The van der Waals surface area contributed by atoms with Crippen LogP contribution in [0.3, 0.4) is 0 Å². The monoisotopic (exact) mass is 291 g/mol. The molecule has 5 heteroatoms. The summed E-state index contributed by atoms with van der Waals surface area (Å²) in [6.45, 7) is 2.18. The van der Waals surface area contributed by atoms with Crippen molar-refractivity contribution < 1.29 is 18.0 Å². The van der Waals surface area contributed by atoms with Crippen LogP contribution in [0.4, 0.5) is 18.9 Å². The van der Waals surface area contributed by atoms with Crippen LogP contribution < -0.4 is 4.90 Å². The van der Waals surface area contributed by atoms with E-state index in [4.69, 9.17) is 0 Å². The smallest absolute Gasteiger partial charge is 0.304 e. The molecule has 21 heavy (non-hydrogen) atoms. The fourth-order valence-corrected chi connectivity index (χ4v) is 2.47. The Bertz CT molecular complexity index is 722. The second-order valence-corrected chi connectivity index (χ2v) is 5.10. The molecule has 0 spiro atoms. The van der Waals surface area contributed by atoms with Crippen LogP contribution in [0.1, 0.15) is 27.0 Å².